The molecule has 0 aliphatic carbocycles. The zero-order valence-electron chi connectivity index (χ0n) is 14.2. The number of rotatable bonds is 5. The van der Waals surface area contributed by atoms with E-state index in [2.05, 4.69) is 30.2 Å². The van der Waals surface area contributed by atoms with Crippen LogP contribution in [0.1, 0.15) is 29.9 Å². The molecule has 7 heteroatoms. The van der Waals surface area contributed by atoms with Crippen molar-refractivity contribution in [1.82, 2.24) is 25.3 Å². The Morgan fingerprint density at radius 1 is 1.38 bits per heavy atom. The molecular weight excluding hydrogens is 304 g/mol. The molecule has 24 heavy (non-hydrogen) atoms. The van der Waals surface area contributed by atoms with Gasteiger partial charge in [0.05, 0.1) is 12.2 Å². The molecule has 128 valence electrons. The summed E-state index contributed by atoms with van der Waals surface area (Å²) < 4.78 is 0. The first-order chi connectivity index (χ1) is 11.6. The van der Waals surface area contributed by atoms with Gasteiger partial charge in [-0.05, 0) is 32.8 Å². The molecule has 1 aliphatic rings. The van der Waals surface area contributed by atoms with Gasteiger partial charge in [-0.15, -0.1) is 0 Å². The lowest BCUT2D eigenvalue weighted by atomic mass is 9.97. The van der Waals surface area contributed by atoms with Crippen LogP contribution in [0.25, 0.3) is 0 Å². The van der Waals surface area contributed by atoms with Gasteiger partial charge in [0.1, 0.15) is 0 Å². The highest BCUT2D eigenvalue weighted by atomic mass is 16.1. The van der Waals surface area contributed by atoms with Crippen LogP contribution < -0.4 is 10.2 Å². The van der Waals surface area contributed by atoms with Gasteiger partial charge < -0.3 is 15.2 Å². The highest BCUT2D eigenvalue weighted by Gasteiger charge is 2.27. The van der Waals surface area contributed by atoms with Crippen molar-refractivity contribution in [3.05, 3.63) is 35.7 Å². The largest absolute Gasteiger partial charge is 0.355 e. The van der Waals surface area contributed by atoms with Gasteiger partial charge in [-0.1, -0.05) is 0 Å². The van der Waals surface area contributed by atoms with Crippen molar-refractivity contribution in [2.45, 2.75) is 33.1 Å². The standard InChI is InChI=1S/C17H24N6O/c1-12-8-13(2)22-17(21-12)23-7-3-4-14(10-23)16(24)19-6-5-15-9-18-11-20-15/h8-9,11,14H,3-7,10H2,1-2H3,(H,18,20)(H,19,24)/t14-/m0/s1. The Morgan fingerprint density at radius 2 is 2.17 bits per heavy atom. The van der Waals surface area contributed by atoms with Crippen molar-refractivity contribution in [3.63, 3.8) is 0 Å². The zero-order valence-corrected chi connectivity index (χ0v) is 14.2. The number of hydrogen-bond acceptors (Lipinski definition) is 5. The van der Waals surface area contributed by atoms with Crippen LogP contribution in [0.15, 0.2) is 18.6 Å². The summed E-state index contributed by atoms with van der Waals surface area (Å²) in [7, 11) is 0. The minimum atomic E-state index is -0.00932. The monoisotopic (exact) mass is 328 g/mol. The molecule has 1 atom stereocenters. The number of aryl methyl sites for hydroxylation is 2. The number of carbonyl (C=O) groups is 1. The van der Waals surface area contributed by atoms with Crippen molar-refractivity contribution in [2.24, 2.45) is 5.92 Å². The first-order valence-electron chi connectivity index (χ1n) is 8.44. The topological polar surface area (TPSA) is 86.8 Å². The summed E-state index contributed by atoms with van der Waals surface area (Å²) in [4.78, 5) is 30.6. The maximum absolute atomic E-state index is 12.4. The van der Waals surface area contributed by atoms with E-state index in [1.165, 1.54) is 0 Å². The number of H-pyrrole nitrogens is 1. The molecule has 3 heterocycles. The van der Waals surface area contributed by atoms with E-state index in [-0.39, 0.29) is 11.8 Å². The maximum atomic E-state index is 12.4. The Bertz CT molecular complexity index is 664. The first kappa shape index (κ1) is 16.4. The van der Waals surface area contributed by atoms with Gasteiger partial charge in [-0.3, -0.25) is 4.79 Å². The van der Waals surface area contributed by atoms with Crippen LogP contribution in [-0.4, -0.2) is 45.5 Å². The fourth-order valence-electron chi connectivity index (χ4n) is 3.11. The minimum Gasteiger partial charge on any atom is -0.355 e. The number of amides is 1. The smallest absolute Gasteiger partial charge is 0.225 e. The number of imidazole rings is 1. The van der Waals surface area contributed by atoms with Crippen LogP contribution in [0.3, 0.4) is 0 Å². The molecule has 0 unspecified atom stereocenters. The van der Waals surface area contributed by atoms with E-state index in [4.69, 9.17) is 0 Å². The summed E-state index contributed by atoms with van der Waals surface area (Å²) in [6.07, 6.45) is 6.10. The normalized spacial score (nSPS) is 17.8. The SMILES string of the molecule is Cc1cc(C)nc(N2CCC[C@H](C(=O)NCCc3cnc[nH]3)C2)n1. The summed E-state index contributed by atoms with van der Waals surface area (Å²) in [5.74, 6) is 0.844. The Hall–Kier alpha value is -2.44. The number of hydrogen-bond donors (Lipinski definition) is 2. The molecule has 1 aliphatic heterocycles. The third-order valence-electron chi connectivity index (χ3n) is 4.29. The highest BCUT2D eigenvalue weighted by molar-refractivity contribution is 5.79. The predicted octanol–water partition coefficient (Wildman–Crippen LogP) is 1.39. The molecule has 1 saturated heterocycles. The molecule has 3 rings (SSSR count). The zero-order chi connectivity index (χ0) is 16.9. The molecule has 1 fully saturated rings. The molecule has 0 radical (unpaired) electrons. The summed E-state index contributed by atoms with van der Waals surface area (Å²) in [5.41, 5.74) is 2.96. The molecule has 2 aromatic rings. The van der Waals surface area contributed by atoms with Crippen molar-refractivity contribution in [1.29, 1.82) is 0 Å². The van der Waals surface area contributed by atoms with Gasteiger partial charge >= 0.3 is 0 Å². The summed E-state index contributed by atoms with van der Waals surface area (Å²) >= 11 is 0. The third-order valence-corrected chi connectivity index (χ3v) is 4.29. The molecule has 0 bridgehead atoms. The van der Waals surface area contributed by atoms with Gasteiger partial charge in [0.2, 0.25) is 11.9 Å². The number of piperidine rings is 1. The molecule has 0 spiro atoms. The molecule has 2 aromatic heterocycles. The number of anilines is 1. The van der Waals surface area contributed by atoms with Crippen LogP contribution in [0.5, 0.6) is 0 Å². The van der Waals surface area contributed by atoms with Crippen molar-refractivity contribution < 1.29 is 4.79 Å². The van der Waals surface area contributed by atoms with E-state index in [0.29, 0.717) is 13.1 Å². The second kappa shape index (κ2) is 7.42. The van der Waals surface area contributed by atoms with E-state index in [1.54, 1.807) is 12.5 Å². The molecular formula is C17H24N6O. The first-order valence-corrected chi connectivity index (χ1v) is 8.44. The third kappa shape index (κ3) is 4.10. The van der Waals surface area contributed by atoms with Gasteiger partial charge in [-0.25, -0.2) is 15.0 Å². The second-order valence-electron chi connectivity index (χ2n) is 6.35. The molecule has 1 amide bonds. The van der Waals surface area contributed by atoms with Crippen molar-refractivity contribution >= 4 is 11.9 Å². The van der Waals surface area contributed by atoms with Gasteiger partial charge in [-0.2, -0.15) is 0 Å². The van der Waals surface area contributed by atoms with Gasteiger partial charge in [0, 0.05) is 49.3 Å². The molecule has 0 saturated carbocycles. The van der Waals surface area contributed by atoms with E-state index < -0.39 is 0 Å². The summed E-state index contributed by atoms with van der Waals surface area (Å²) in [6, 6.07) is 1.97. The van der Waals surface area contributed by atoms with Gasteiger partial charge in [0.25, 0.3) is 0 Å². The van der Waals surface area contributed by atoms with Gasteiger partial charge in [0.15, 0.2) is 0 Å². The average Bonchev–Trinajstić information content (AvgIpc) is 3.07. The summed E-state index contributed by atoms with van der Waals surface area (Å²) in [5, 5.41) is 3.03. The van der Waals surface area contributed by atoms with E-state index in [9.17, 15) is 4.79 Å². The van der Waals surface area contributed by atoms with Crippen molar-refractivity contribution in [3.8, 4) is 0 Å². The fourth-order valence-corrected chi connectivity index (χ4v) is 3.11. The Balaban J connectivity index is 1.55. The fraction of sp³-hybridized carbons (Fsp3) is 0.529. The Morgan fingerprint density at radius 3 is 2.88 bits per heavy atom. The molecule has 7 nitrogen and oxygen atoms in total. The molecule has 0 aromatic carbocycles. The summed E-state index contributed by atoms with van der Waals surface area (Å²) in [6.45, 7) is 6.15. The Labute approximate surface area is 141 Å². The van der Waals surface area contributed by atoms with Crippen molar-refractivity contribution in [2.75, 3.05) is 24.5 Å². The van der Waals surface area contributed by atoms with E-state index in [0.717, 1.165) is 48.8 Å². The van der Waals surface area contributed by atoms with Crippen LogP contribution in [0.2, 0.25) is 0 Å². The number of aromatic nitrogens is 4. The molecule has 2 N–H and O–H groups in total. The van der Waals surface area contributed by atoms with E-state index >= 15 is 0 Å². The Kier molecular flexibility index (Phi) is 5.08. The highest BCUT2D eigenvalue weighted by Crippen LogP contribution is 2.21. The van der Waals surface area contributed by atoms with Crippen LogP contribution in [0, 0.1) is 19.8 Å². The van der Waals surface area contributed by atoms with E-state index in [1.807, 2.05) is 19.9 Å². The lowest BCUT2D eigenvalue weighted by molar-refractivity contribution is -0.125. The lowest BCUT2D eigenvalue weighted by Crippen LogP contribution is -2.44. The van der Waals surface area contributed by atoms with Crippen LogP contribution in [0.4, 0.5) is 5.95 Å². The number of carbonyl (C=O) groups excluding carboxylic acids is 1. The number of nitrogens with zero attached hydrogens (tertiary/aromatic N) is 4. The van der Waals surface area contributed by atoms with Crippen LogP contribution in [-0.2, 0) is 11.2 Å². The second-order valence-corrected chi connectivity index (χ2v) is 6.35. The lowest BCUT2D eigenvalue weighted by Gasteiger charge is -2.32. The maximum Gasteiger partial charge on any atom is 0.225 e. The average molecular weight is 328 g/mol. The quantitative estimate of drug-likeness (QED) is 0.866. The van der Waals surface area contributed by atoms with Crippen LogP contribution >= 0.6 is 0 Å². The number of aromatic amines is 1. The predicted molar refractivity (Wildman–Crippen MR) is 91.7 cm³/mol. The number of nitrogens with one attached hydrogen (secondary N) is 2. The minimum absolute atomic E-state index is 0.00932.